The van der Waals surface area contributed by atoms with E-state index in [4.69, 9.17) is 27.2 Å². The Balaban J connectivity index is 1.41. The van der Waals surface area contributed by atoms with Gasteiger partial charge in [0.2, 0.25) is 0 Å². The first-order valence-corrected chi connectivity index (χ1v) is 9.94. The molecular weight excluding hydrogens is 374 g/mol. The number of pyridine rings is 1. The molecule has 0 amide bonds. The highest BCUT2D eigenvalue weighted by Gasteiger charge is 2.42. The topological polar surface area (TPSA) is 78.0 Å². The van der Waals surface area contributed by atoms with E-state index in [0.717, 1.165) is 42.9 Å². The predicted octanol–water partition coefficient (Wildman–Crippen LogP) is 3.39. The van der Waals surface area contributed by atoms with Crippen LogP contribution in [-0.2, 0) is 18.6 Å². The van der Waals surface area contributed by atoms with E-state index in [0.29, 0.717) is 23.2 Å². The number of hydrogen-bond acceptors (Lipinski definition) is 5. The number of benzene rings is 1. The van der Waals surface area contributed by atoms with Crippen LogP contribution in [0.5, 0.6) is 5.75 Å². The van der Waals surface area contributed by atoms with Gasteiger partial charge in [-0.15, -0.1) is 0 Å². The van der Waals surface area contributed by atoms with E-state index in [-0.39, 0.29) is 5.41 Å². The third-order valence-corrected chi connectivity index (χ3v) is 6.26. The lowest BCUT2D eigenvalue weighted by atomic mass is 9.82. The summed E-state index contributed by atoms with van der Waals surface area (Å²) < 4.78 is 8.06. The number of anilines is 1. The quantitative estimate of drug-likeness (QED) is 0.708. The second-order valence-corrected chi connectivity index (χ2v) is 7.99. The van der Waals surface area contributed by atoms with E-state index in [1.54, 1.807) is 6.20 Å². The summed E-state index contributed by atoms with van der Waals surface area (Å²) in [4.78, 5) is 4.32. The zero-order chi connectivity index (χ0) is 19.1. The zero-order valence-electron chi connectivity index (χ0n) is 15.5. The third kappa shape index (κ3) is 2.93. The lowest BCUT2D eigenvalue weighted by molar-refractivity contribution is 0.307. The number of aryl methyl sites for hydroxylation is 1. The van der Waals surface area contributed by atoms with Crippen LogP contribution in [0.25, 0.3) is 11.3 Å². The molecule has 3 N–H and O–H groups in total. The molecule has 0 saturated carbocycles. The number of nitrogens with one attached hydrogen (secondary N) is 1. The highest BCUT2D eigenvalue weighted by atomic mass is 35.5. The highest BCUT2D eigenvalue weighted by Crippen LogP contribution is 2.41. The Kier molecular flexibility index (Phi) is 4.25. The number of aromatic nitrogens is 3. The fourth-order valence-electron chi connectivity index (χ4n) is 4.26. The van der Waals surface area contributed by atoms with E-state index in [1.165, 1.54) is 12.1 Å². The van der Waals surface area contributed by atoms with E-state index >= 15 is 0 Å². The summed E-state index contributed by atoms with van der Waals surface area (Å²) in [5.74, 6) is 0.904. The van der Waals surface area contributed by atoms with Crippen LogP contribution in [0.1, 0.15) is 24.1 Å². The van der Waals surface area contributed by atoms with Gasteiger partial charge >= 0.3 is 0 Å². The van der Waals surface area contributed by atoms with Gasteiger partial charge in [-0.3, -0.25) is 4.68 Å². The Bertz CT molecular complexity index is 1030. The van der Waals surface area contributed by atoms with Crippen LogP contribution in [0.2, 0.25) is 5.02 Å². The number of ether oxygens (including phenoxy) is 1. The highest BCUT2D eigenvalue weighted by molar-refractivity contribution is 6.31. The summed E-state index contributed by atoms with van der Waals surface area (Å²) in [5, 5.41) is 8.98. The molecule has 2 aliphatic heterocycles. The summed E-state index contributed by atoms with van der Waals surface area (Å²) in [7, 11) is 0. The first-order chi connectivity index (χ1) is 13.6. The molecule has 1 saturated heterocycles. The molecule has 0 radical (unpaired) electrons. The number of nitrogens with two attached hydrogens (primary N) is 1. The summed E-state index contributed by atoms with van der Waals surface area (Å²) in [6.07, 6.45) is 4.09. The molecule has 144 valence electrons. The van der Waals surface area contributed by atoms with Crippen LogP contribution < -0.4 is 15.8 Å². The predicted molar refractivity (Wildman–Crippen MR) is 109 cm³/mol. The van der Waals surface area contributed by atoms with Crippen LogP contribution in [0.4, 0.5) is 5.82 Å². The minimum absolute atomic E-state index is 0.232. The van der Waals surface area contributed by atoms with Crippen molar-refractivity contribution in [2.45, 2.75) is 31.4 Å². The van der Waals surface area contributed by atoms with Crippen molar-refractivity contribution in [3.05, 3.63) is 58.9 Å². The zero-order valence-corrected chi connectivity index (χ0v) is 16.2. The van der Waals surface area contributed by atoms with Crippen molar-refractivity contribution in [3.8, 4) is 17.0 Å². The van der Waals surface area contributed by atoms with Gasteiger partial charge < -0.3 is 15.8 Å². The Morgan fingerprint density at radius 1 is 1.25 bits per heavy atom. The van der Waals surface area contributed by atoms with Crippen molar-refractivity contribution in [3.63, 3.8) is 0 Å². The van der Waals surface area contributed by atoms with Gasteiger partial charge in [-0.25, -0.2) is 4.98 Å². The van der Waals surface area contributed by atoms with Gasteiger partial charge in [-0.2, -0.15) is 5.10 Å². The molecule has 4 heterocycles. The molecule has 2 aromatic heterocycles. The fourth-order valence-corrected chi connectivity index (χ4v) is 4.45. The third-order valence-electron chi connectivity index (χ3n) is 5.89. The molecule has 5 rings (SSSR count). The Morgan fingerprint density at radius 2 is 2.14 bits per heavy atom. The van der Waals surface area contributed by atoms with Gasteiger partial charge in [-0.1, -0.05) is 29.8 Å². The van der Waals surface area contributed by atoms with Gasteiger partial charge in [0, 0.05) is 46.5 Å². The number of halogens is 1. The van der Waals surface area contributed by atoms with E-state index in [2.05, 4.69) is 21.0 Å². The first-order valence-electron chi connectivity index (χ1n) is 9.56. The van der Waals surface area contributed by atoms with Crippen LogP contribution in [0.15, 0.2) is 42.6 Å². The summed E-state index contributed by atoms with van der Waals surface area (Å²) >= 11 is 6.21. The normalized spacial score (nSPS) is 20.6. The van der Waals surface area contributed by atoms with Crippen LogP contribution in [-0.4, -0.2) is 27.9 Å². The van der Waals surface area contributed by atoms with Crippen LogP contribution in [0, 0.1) is 0 Å². The number of hydrogen-bond donors (Lipinski definition) is 2. The van der Waals surface area contributed by atoms with Crippen molar-refractivity contribution < 1.29 is 4.74 Å². The maximum atomic E-state index is 6.21. The molecule has 1 unspecified atom stereocenters. The maximum absolute atomic E-state index is 6.21. The number of nitrogens with zero attached hydrogens (tertiary/aromatic N) is 3. The molecular formula is C21H22ClN5O. The summed E-state index contributed by atoms with van der Waals surface area (Å²) in [6, 6.07) is 11.7. The maximum Gasteiger partial charge on any atom is 0.166 e. The lowest BCUT2D eigenvalue weighted by Gasteiger charge is -2.20. The largest absolute Gasteiger partial charge is 0.485 e. The van der Waals surface area contributed by atoms with Gasteiger partial charge in [0.15, 0.2) is 11.6 Å². The molecule has 3 aromatic rings. The molecule has 0 bridgehead atoms. The van der Waals surface area contributed by atoms with Crippen molar-refractivity contribution in [1.82, 2.24) is 20.1 Å². The molecule has 1 fully saturated rings. The van der Waals surface area contributed by atoms with Gasteiger partial charge in [0.25, 0.3) is 0 Å². The van der Waals surface area contributed by atoms with Crippen molar-refractivity contribution in [1.29, 1.82) is 0 Å². The Labute approximate surface area is 168 Å². The summed E-state index contributed by atoms with van der Waals surface area (Å²) in [5.41, 5.74) is 10.3. The van der Waals surface area contributed by atoms with E-state index in [1.807, 2.05) is 30.3 Å². The Hall–Kier alpha value is -2.57. The standard InChI is InChI=1S/C21H22ClN5O/c22-16-4-2-1-3-14(16)12-28-18-9-15(11-25-20(18)23)17-10-19-21(5-7-24-13-21)6-8-27(19)26-17/h1-4,9-11,24H,5-8,12-13H2,(H2,23,25). The second-order valence-electron chi connectivity index (χ2n) is 7.58. The monoisotopic (exact) mass is 395 g/mol. The lowest BCUT2D eigenvalue weighted by Crippen LogP contribution is -2.25. The van der Waals surface area contributed by atoms with Crippen LogP contribution in [0.3, 0.4) is 0 Å². The van der Waals surface area contributed by atoms with Crippen molar-refractivity contribution in [2.24, 2.45) is 0 Å². The molecule has 2 aliphatic rings. The molecule has 28 heavy (non-hydrogen) atoms. The molecule has 0 aliphatic carbocycles. The SMILES string of the molecule is Nc1ncc(-c2cc3n(n2)CCC32CCNC2)cc1OCc1ccccc1Cl. The minimum atomic E-state index is 0.232. The van der Waals surface area contributed by atoms with Crippen molar-refractivity contribution in [2.75, 3.05) is 18.8 Å². The molecule has 1 aromatic carbocycles. The minimum Gasteiger partial charge on any atom is -0.485 e. The second kappa shape index (κ2) is 6.79. The Morgan fingerprint density at radius 3 is 2.96 bits per heavy atom. The smallest absolute Gasteiger partial charge is 0.166 e. The average molecular weight is 396 g/mol. The van der Waals surface area contributed by atoms with Gasteiger partial charge in [0.05, 0.1) is 5.69 Å². The number of nitrogen functional groups attached to an aromatic ring is 1. The molecule has 1 atom stereocenters. The number of fused-ring (bicyclic) bond motifs is 2. The van der Waals surface area contributed by atoms with E-state index in [9.17, 15) is 0 Å². The molecule has 1 spiro atoms. The molecule has 6 nitrogen and oxygen atoms in total. The van der Waals surface area contributed by atoms with Gasteiger partial charge in [0.1, 0.15) is 6.61 Å². The van der Waals surface area contributed by atoms with E-state index < -0.39 is 0 Å². The molecule has 7 heteroatoms. The fraction of sp³-hybridized carbons (Fsp3) is 0.333. The number of rotatable bonds is 4. The van der Waals surface area contributed by atoms with Crippen molar-refractivity contribution >= 4 is 17.4 Å². The first kappa shape index (κ1) is 17.5. The average Bonchev–Trinajstić information content (AvgIpc) is 3.41. The summed E-state index contributed by atoms with van der Waals surface area (Å²) in [6.45, 7) is 3.41. The van der Waals surface area contributed by atoms with Gasteiger partial charge in [-0.05, 0) is 37.6 Å². The van der Waals surface area contributed by atoms with Crippen LogP contribution >= 0.6 is 11.6 Å².